The van der Waals surface area contributed by atoms with Crippen molar-refractivity contribution >= 4 is 22.2 Å². The Morgan fingerprint density at radius 3 is 3.00 bits per heavy atom. The van der Waals surface area contributed by atoms with Gasteiger partial charge in [-0.1, -0.05) is 0 Å². The summed E-state index contributed by atoms with van der Waals surface area (Å²) in [5, 5.41) is 14.2. The summed E-state index contributed by atoms with van der Waals surface area (Å²) in [4.78, 5) is 13.3. The average molecular weight is 266 g/mol. The number of morpholine rings is 1. The highest BCUT2D eigenvalue weighted by molar-refractivity contribution is 7.14. The van der Waals surface area contributed by atoms with Gasteiger partial charge in [-0.15, -0.1) is 11.3 Å². The Balaban J connectivity index is 1.97. The molecule has 1 aliphatic rings. The van der Waals surface area contributed by atoms with E-state index >= 15 is 0 Å². The molecule has 18 heavy (non-hydrogen) atoms. The van der Waals surface area contributed by atoms with E-state index in [0.717, 1.165) is 13.1 Å². The van der Waals surface area contributed by atoms with Gasteiger partial charge in [-0.25, -0.2) is 0 Å². The molecule has 6 heteroatoms. The molecule has 1 aromatic rings. The molecule has 1 atom stereocenters. The molecule has 0 aromatic carbocycles. The molecule has 1 fully saturated rings. The molecule has 0 spiro atoms. The van der Waals surface area contributed by atoms with Gasteiger partial charge in [0.05, 0.1) is 18.8 Å². The van der Waals surface area contributed by atoms with Crippen LogP contribution in [0.5, 0.6) is 0 Å². The predicted molar refractivity (Wildman–Crippen MR) is 68.6 cm³/mol. The van der Waals surface area contributed by atoms with Gasteiger partial charge in [-0.2, -0.15) is 5.26 Å². The van der Waals surface area contributed by atoms with Crippen LogP contribution < -0.4 is 10.2 Å². The maximum Gasteiger partial charge on any atom is 0.283 e. The van der Waals surface area contributed by atoms with Crippen molar-refractivity contribution in [2.45, 2.75) is 13.0 Å². The van der Waals surface area contributed by atoms with E-state index in [1.54, 1.807) is 11.4 Å². The van der Waals surface area contributed by atoms with Gasteiger partial charge in [0.15, 0.2) is 6.04 Å². The van der Waals surface area contributed by atoms with Crippen LogP contribution in [0.1, 0.15) is 12.5 Å². The topological polar surface area (TPSA) is 66.6 Å². The SMILES string of the molecule is C[C@H](C(=O)Nc1sccc1C#N)[NH+]1CCOCC1. The Kier molecular flexibility index (Phi) is 4.31. The van der Waals surface area contributed by atoms with Crippen LogP contribution in [0, 0.1) is 11.3 Å². The average Bonchev–Trinajstić information content (AvgIpc) is 2.86. The summed E-state index contributed by atoms with van der Waals surface area (Å²) in [6, 6.07) is 3.66. The fourth-order valence-corrected chi connectivity index (χ4v) is 2.71. The van der Waals surface area contributed by atoms with Crippen molar-refractivity contribution in [3.63, 3.8) is 0 Å². The summed E-state index contributed by atoms with van der Waals surface area (Å²) in [6.45, 7) is 5.02. The molecule has 1 saturated heterocycles. The standard InChI is InChI=1S/C12H15N3O2S/c1-9(15-3-5-17-6-4-15)11(16)14-12-10(8-13)2-7-18-12/h2,7,9H,3-6H2,1H3,(H,14,16)/p+1/t9-/m1/s1. The van der Waals surface area contributed by atoms with Gasteiger partial charge in [0.2, 0.25) is 0 Å². The summed E-state index contributed by atoms with van der Waals surface area (Å²) < 4.78 is 5.28. The minimum absolute atomic E-state index is 0.0363. The van der Waals surface area contributed by atoms with Gasteiger partial charge in [0.25, 0.3) is 5.91 Å². The van der Waals surface area contributed by atoms with Crippen LogP contribution in [0.25, 0.3) is 0 Å². The van der Waals surface area contributed by atoms with Gasteiger partial charge >= 0.3 is 0 Å². The van der Waals surface area contributed by atoms with Crippen LogP contribution in [0.4, 0.5) is 5.00 Å². The molecule has 0 radical (unpaired) electrons. The van der Waals surface area contributed by atoms with Crippen LogP contribution in [0.15, 0.2) is 11.4 Å². The van der Waals surface area contributed by atoms with Crippen molar-refractivity contribution in [2.75, 3.05) is 31.6 Å². The Labute approximate surface area is 110 Å². The smallest absolute Gasteiger partial charge is 0.283 e. The maximum atomic E-state index is 12.1. The van der Waals surface area contributed by atoms with Crippen molar-refractivity contribution in [3.05, 3.63) is 17.0 Å². The van der Waals surface area contributed by atoms with Gasteiger partial charge in [-0.05, 0) is 18.4 Å². The number of carbonyl (C=O) groups excluding carboxylic acids is 1. The van der Waals surface area contributed by atoms with Crippen LogP contribution in [-0.4, -0.2) is 38.3 Å². The summed E-state index contributed by atoms with van der Waals surface area (Å²) in [6.07, 6.45) is 0. The molecule has 1 aromatic heterocycles. The largest absolute Gasteiger partial charge is 0.370 e. The molecule has 1 amide bonds. The molecule has 2 heterocycles. The monoisotopic (exact) mass is 266 g/mol. The van der Waals surface area contributed by atoms with E-state index < -0.39 is 0 Å². The van der Waals surface area contributed by atoms with Crippen LogP contribution >= 0.6 is 11.3 Å². The highest BCUT2D eigenvalue weighted by Gasteiger charge is 2.27. The van der Waals surface area contributed by atoms with E-state index in [2.05, 4.69) is 11.4 Å². The summed E-state index contributed by atoms with van der Waals surface area (Å²) >= 11 is 1.38. The number of ether oxygens (including phenoxy) is 1. The number of nitrogens with zero attached hydrogens (tertiary/aromatic N) is 1. The molecule has 0 unspecified atom stereocenters. The van der Waals surface area contributed by atoms with E-state index in [9.17, 15) is 4.79 Å². The number of carbonyl (C=O) groups is 1. The highest BCUT2D eigenvalue weighted by Crippen LogP contribution is 2.21. The first kappa shape index (κ1) is 13.0. The minimum atomic E-state index is -0.123. The predicted octanol–water partition coefficient (Wildman–Crippen LogP) is -0.138. The number of anilines is 1. The molecular formula is C12H16N3O2S+. The van der Waals surface area contributed by atoms with Crippen molar-refractivity contribution in [1.82, 2.24) is 0 Å². The summed E-state index contributed by atoms with van der Waals surface area (Å²) in [5.74, 6) is -0.0363. The Hall–Kier alpha value is -1.42. The lowest BCUT2D eigenvalue weighted by Gasteiger charge is -2.28. The zero-order valence-corrected chi connectivity index (χ0v) is 11.0. The number of nitriles is 1. The second kappa shape index (κ2) is 5.96. The van der Waals surface area contributed by atoms with Crippen molar-refractivity contribution < 1.29 is 14.4 Å². The third kappa shape index (κ3) is 2.88. The van der Waals surface area contributed by atoms with Crippen LogP contribution in [0.3, 0.4) is 0 Å². The summed E-state index contributed by atoms with van der Waals surface area (Å²) in [7, 11) is 0. The molecule has 5 nitrogen and oxygen atoms in total. The number of amides is 1. The second-order valence-corrected chi connectivity index (χ2v) is 5.17. The third-order valence-electron chi connectivity index (χ3n) is 3.16. The van der Waals surface area contributed by atoms with Gasteiger partial charge in [0.1, 0.15) is 24.2 Å². The minimum Gasteiger partial charge on any atom is -0.370 e. The number of nitrogens with one attached hydrogen (secondary N) is 2. The number of hydrogen-bond donors (Lipinski definition) is 2. The lowest BCUT2D eigenvalue weighted by Crippen LogP contribution is -3.18. The Bertz CT molecular complexity index is 460. The Morgan fingerprint density at radius 2 is 2.33 bits per heavy atom. The fraction of sp³-hybridized carbons (Fsp3) is 0.500. The zero-order valence-electron chi connectivity index (χ0n) is 10.2. The lowest BCUT2D eigenvalue weighted by atomic mass is 10.2. The first-order valence-electron chi connectivity index (χ1n) is 5.93. The first-order valence-corrected chi connectivity index (χ1v) is 6.81. The van der Waals surface area contributed by atoms with Gasteiger partial charge in [-0.3, -0.25) is 4.79 Å². The Morgan fingerprint density at radius 1 is 1.61 bits per heavy atom. The van der Waals surface area contributed by atoms with Crippen molar-refractivity contribution in [2.24, 2.45) is 0 Å². The quantitative estimate of drug-likeness (QED) is 0.800. The maximum absolute atomic E-state index is 12.1. The highest BCUT2D eigenvalue weighted by atomic mass is 32.1. The van der Waals surface area contributed by atoms with Crippen LogP contribution in [-0.2, 0) is 9.53 Å². The zero-order chi connectivity index (χ0) is 13.0. The molecule has 0 bridgehead atoms. The van der Waals surface area contributed by atoms with E-state index in [1.807, 2.05) is 6.92 Å². The number of quaternary nitrogens is 1. The molecule has 2 N–H and O–H groups in total. The van der Waals surface area contributed by atoms with Crippen molar-refractivity contribution in [1.29, 1.82) is 5.26 Å². The van der Waals surface area contributed by atoms with Gasteiger partial charge in [0, 0.05) is 0 Å². The molecular weight excluding hydrogens is 250 g/mol. The first-order chi connectivity index (χ1) is 8.72. The van der Waals surface area contributed by atoms with Crippen LogP contribution in [0.2, 0.25) is 0 Å². The van der Waals surface area contributed by atoms with E-state index in [4.69, 9.17) is 10.00 Å². The normalized spacial score (nSPS) is 18.0. The van der Waals surface area contributed by atoms with E-state index in [0.29, 0.717) is 23.8 Å². The van der Waals surface area contributed by atoms with Gasteiger partial charge < -0.3 is 15.0 Å². The number of hydrogen-bond acceptors (Lipinski definition) is 4. The molecule has 96 valence electrons. The number of rotatable bonds is 3. The molecule has 0 aliphatic carbocycles. The second-order valence-electron chi connectivity index (χ2n) is 4.26. The van der Waals surface area contributed by atoms with E-state index in [-0.39, 0.29) is 11.9 Å². The number of thiophene rings is 1. The van der Waals surface area contributed by atoms with Crippen molar-refractivity contribution in [3.8, 4) is 6.07 Å². The molecule has 1 aliphatic heterocycles. The fourth-order valence-electron chi connectivity index (χ4n) is 1.97. The lowest BCUT2D eigenvalue weighted by molar-refractivity contribution is -0.921. The molecule has 2 rings (SSSR count). The van der Waals surface area contributed by atoms with E-state index in [1.165, 1.54) is 16.2 Å². The summed E-state index contributed by atoms with van der Waals surface area (Å²) in [5.41, 5.74) is 0.525. The molecule has 0 saturated carbocycles. The third-order valence-corrected chi connectivity index (χ3v) is 3.99.